The molecule has 0 amide bonds. The molecule has 8 heteroatoms. The van der Waals surface area contributed by atoms with Gasteiger partial charge in [-0.2, -0.15) is 0 Å². The minimum Gasteiger partial charge on any atom is -0.492 e. The fourth-order valence-electron chi connectivity index (χ4n) is 3.25. The number of hydrogen-bond acceptors (Lipinski definition) is 5. The summed E-state index contributed by atoms with van der Waals surface area (Å²) in [5, 5.41) is 3.44. The van der Waals surface area contributed by atoms with E-state index in [1.54, 1.807) is 7.11 Å². The molecule has 1 aliphatic rings. The van der Waals surface area contributed by atoms with Crippen LogP contribution in [0.15, 0.2) is 29.3 Å². The van der Waals surface area contributed by atoms with E-state index in [-0.39, 0.29) is 24.0 Å². The van der Waals surface area contributed by atoms with Gasteiger partial charge < -0.3 is 29.3 Å². The number of guanidine groups is 1. The maximum atomic E-state index is 5.98. The fraction of sp³-hybridized carbons (Fsp3) is 0.682. The number of para-hydroxylation sites is 1. The number of ether oxygens (including phenoxy) is 3. The molecule has 0 spiro atoms. The van der Waals surface area contributed by atoms with Gasteiger partial charge in [0.2, 0.25) is 0 Å². The van der Waals surface area contributed by atoms with E-state index in [0.717, 1.165) is 56.5 Å². The number of hydrogen-bond donors (Lipinski definition) is 1. The number of nitrogens with zero attached hydrogens (tertiary/aromatic N) is 3. The second kappa shape index (κ2) is 15.7. The van der Waals surface area contributed by atoms with Crippen LogP contribution in [0.5, 0.6) is 5.75 Å². The van der Waals surface area contributed by atoms with Gasteiger partial charge in [-0.15, -0.1) is 24.0 Å². The lowest BCUT2D eigenvalue weighted by atomic mass is 10.1. The van der Waals surface area contributed by atoms with Crippen LogP contribution in [-0.4, -0.2) is 89.6 Å². The van der Waals surface area contributed by atoms with Gasteiger partial charge in [0.05, 0.1) is 26.4 Å². The second-order valence-electron chi connectivity index (χ2n) is 7.60. The normalized spacial score (nSPS) is 16.6. The van der Waals surface area contributed by atoms with Crippen molar-refractivity contribution in [2.75, 3.05) is 73.8 Å². The largest absolute Gasteiger partial charge is 0.492 e. The zero-order chi connectivity index (χ0) is 20.9. The summed E-state index contributed by atoms with van der Waals surface area (Å²) in [5.74, 6) is 2.42. The summed E-state index contributed by atoms with van der Waals surface area (Å²) in [4.78, 5) is 9.35. The van der Waals surface area contributed by atoms with Crippen molar-refractivity contribution >= 4 is 29.9 Å². The van der Waals surface area contributed by atoms with Gasteiger partial charge in [0.15, 0.2) is 5.96 Å². The molecular weight excluding hydrogens is 495 g/mol. The van der Waals surface area contributed by atoms with Gasteiger partial charge in [-0.1, -0.05) is 18.2 Å². The average molecular weight is 534 g/mol. The first-order valence-corrected chi connectivity index (χ1v) is 10.6. The fourth-order valence-corrected chi connectivity index (χ4v) is 3.25. The standard InChI is InChI=1S/C22H38N4O3.HI/c1-5-23-22(26-11-10-19(17-26)18-28-15-14-27-4)24-16-20-8-6-7-9-21(20)29-13-12-25(2)3;/h6-9,19H,5,10-18H2,1-4H3,(H,23,24);1H. The predicted molar refractivity (Wildman–Crippen MR) is 133 cm³/mol. The molecule has 1 unspecified atom stereocenters. The summed E-state index contributed by atoms with van der Waals surface area (Å²) >= 11 is 0. The second-order valence-corrected chi connectivity index (χ2v) is 7.60. The first kappa shape index (κ1) is 26.9. The third-order valence-electron chi connectivity index (χ3n) is 4.87. The van der Waals surface area contributed by atoms with Gasteiger partial charge in [-0.3, -0.25) is 0 Å². The molecule has 1 saturated heterocycles. The molecule has 0 aromatic heterocycles. The first-order chi connectivity index (χ1) is 14.1. The SMILES string of the molecule is CCNC(=NCc1ccccc1OCCN(C)C)N1CCC(COCCOC)C1.I. The monoisotopic (exact) mass is 534 g/mol. The van der Waals surface area contributed by atoms with Crippen LogP contribution in [0.25, 0.3) is 0 Å². The Balaban J connectivity index is 0.00000450. The van der Waals surface area contributed by atoms with Crippen LogP contribution in [-0.2, 0) is 16.0 Å². The number of aliphatic imine (C=N–C) groups is 1. The minimum absolute atomic E-state index is 0. The van der Waals surface area contributed by atoms with E-state index >= 15 is 0 Å². The highest BCUT2D eigenvalue weighted by molar-refractivity contribution is 14.0. The molecule has 1 atom stereocenters. The minimum atomic E-state index is 0. The Morgan fingerprint density at radius 2 is 2.03 bits per heavy atom. The number of methoxy groups -OCH3 is 1. The lowest BCUT2D eigenvalue weighted by molar-refractivity contribution is 0.0536. The molecule has 0 saturated carbocycles. The molecule has 30 heavy (non-hydrogen) atoms. The molecule has 1 aromatic carbocycles. The Bertz CT molecular complexity index is 616. The summed E-state index contributed by atoms with van der Waals surface area (Å²) in [6.45, 7) is 9.19. The molecule has 0 bridgehead atoms. The molecule has 1 aromatic rings. The summed E-state index contributed by atoms with van der Waals surface area (Å²) in [6, 6.07) is 8.17. The molecule has 1 N–H and O–H groups in total. The van der Waals surface area contributed by atoms with Crippen LogP contribution in [0.2, 0.25) is 0 Å². The van der Waals surface area contributed by atoms with E-state index in [9.17, 15) is 0 Å². The summed E-state index contributed by atoms with van der Waals surface area (Å²) in [7, 11) is 5.80. The summed E-state index contributed by atoms with van der Waals surface area (Å²) < 4.78 is 16.7. The van der Waals surface area contributed by atoms with Gasteiger partial charge in [0, 0.05) is 44.8 Å². The molecule has 1 fully saturated rings. The Morgan fingerprint density at radius 1 is 1.23 bits per heavy atom. The number of nitrogens with one attached hydrogen (secondary N) is 1. The van der Waals surface area contributed by atoms with E-state index < -0.39 is 0 Å². The maximum absolute atomic E-state index is 5.98. The summed E-state index contributed by atoms with van der Waals surface area (Å²) in [5.41, 5.74) is 1.11. The quantitative estimate of drug-likeness (QED) is 0.193. The van der Waals surface area contributed by atoms with E-state index in [2.05, 4.69) is 28.1 Å². The van der Waals surface area contributed by atoms with Crippen LogP contribution in [0.3, 0.4) is 0 Å². The highest BCUT2D eigenvalue weighted by atomic mass is 127. The molecule has 0 radical (unpaired) electrons. The number of benzene rings is 1. The third-order valence-corrected chi connectivity index (χ3v) is 4.87. The lowest BCUT2D eigenvalue weighted by Crippen LogP contribution is -2.40. The van der Waals surface area contributed by atoms with Crippen molar-refractivity contribution in [3.05, 3.63) is 29.8 Å². The van der Waals surface area contributed by atoms with Crippen molar-refractivity contribution in [1.29, 1.82) is 0 Å². The van der Waals surface area contributed by atoms with Gasteiger partial charge in [0.25, 0.3) is 0 Å². The molecular formula is C22H39IN4O3. The molecule has 7 nitrogen and oxygen atoms in total. The maximum Gasteiger partial charge on any atom is 0.194 e. The highest BCUT2D eigenvalue weighted by Crippen LogP contribution is 2.20. The van der Waals surface area contributed by atoms with Crippen molar-refractivity contribution in [3.63, 3.8) is 0 Å². The van der Waals surface area contributed by atoms with Gasteiger partial charge in [-0.25, -0.2) is 4.99 Å². The third kappa shape index (κ3) is 9.80. The molecule has 172 valence electrons. The van der Waals surface area contributed by atoms with Gasteiger partial charge >= 0.3 is 0 Å². The number of likely N-dealkylation sites (N-methyl/N-ethyl adjacent to an activating group) is 1. The van der Waals surface area contributed by atoms with E-state index in [1.165, 1.54) is 0 Å². The van der Waals surface area contributed by atoms with Crippen LogP contribution >= 0.6 is 24.0 Å². The molecule has 1 heterocycles. The molecule has 0 aliphatic carbocycles. The van der Waals surface area contributed by atoms with Crippen LogP contribution in [0.4, 0.5) is 0 Å². The topological polar surface area (TPSA) is 58.6 Å². The number of rotatable bonds is 12. The average Bonchev–Trinajstić information content (AvgIpc) is 3.18. The van der Waals surface area contributed by atoms with Crippen molar-refractivity contribution in [1.82, 2.24) is 15.1 Å². The lowest BCUT2D eigenvalue weighted by Gasteiger charge is -2.22. The molecule has 1 aliphatic heterocycles. The molecule has 2 rings (SSSR count). The van der Waals surface area contributed by atoms with E-state index in [0.29, 0.717) is 32.3 Å². The Morgan fingerprint density at radius 3 is 2.77 bits per heavy atom. The van der Waals surface area contributed by atoms with Crippen LogP contribution in [0, 0.1) is 5.92 Å². The van der Waals surface area contributed by atoms with Crippen molar-refractivity contribution < 1.29 is 14.2 Å². The summed E-state index contributed by atoms with van der Waals surface area (Å²) in [6.07, 6.45) is 1.13. The highest BCUT2D eigenvalue weighted by Gasteiger charge is 2.25. The van der Waals surface area contributed by atoms with Crippen molar-refractivity contribution in [2.45, 2.75) is 19.9 Å². The Labute approximate surface area is 199 Å². The predicted octanol–water partition coefficient (Wildman–Crippen LogP) is 2.70. The van der Waals surface area contributed by atoms with E-state index in [1.807, 2.05) is 32.3 Å². The number of likely N-dealkylation sites (tertiary alicyclic amines) is 1. The van der Waals surface area contributed by atoms with Crippen molar-refractivity contribution in [3.8, 4) is 5.75 Å². The smallest absolute Gasteiger partial charge is 0.194 e. The van der Waals surface area contributed by atoms with Gasteiger partial charge in [-0.05, 0) is 33.5 Å². The Kier molecular flexibility index (Phi) is 14.1. The van der Waals surface area contributed by atoms with Crippen LogP contribution < -0.4 is 10.1 Å². The van der Waals surface area contributed by atoms with E-state index in [4.69, 9.17) is 19.2 Å². The zero-order valence-corrected chi connectivity index (χ0v) is 21.3. The Hall–Kier alpha value is -1.10. The first-order valence-electron chi connectivity index (χ1n) is 10.6. The van der Waals surface area contributed by atoms with Crippen LogP contribution in [0.1, 0.15) is 18.9 Å². The number of halogens is 1. The van der Waals surface area contributed by atoms with Gasteiger partial charge in [0.1, 0.15) is 12.4 Å². The zero-order valence-electron chi connectivity index (χ0n) is 18.9. The van der Waals surface area contributed by atoms with Crippen molar-refractivity contribution in [2.24, 2.45) is 10.9 Å².